The van der Waals surface area contributed by atoms with Gasteiger partial charge < -0.3 is 10.2 Å². The van der Waals surface area contributed by atoms with Gasteiger partial charge in [0, 0.05) is 25.0 Å². The van der Waals surface area contributed by atoms with Crippen LogP contribution < -0.4 is 10.2 Å². The number of anilines is 2. The molecule has 0 spiro atoms. The fourth-order valence-electron chi connectivity index (χ4n) is 3.48. The zero-order valence-corrected chi connectivity index (χ0v) is 15.5. The zero-order chi connectivity index (χ0) is 18.0. The van der Waals surface area contributed by atoms with Crippen molar-refractivity contribution < 1.29 is 4.79 Å². The predicted molar refractivity (Wildman–Crippen MR) is 101 cm³/mol. The van der Waals surface area contributed by atoms with Gasteiger partial charge >= 0.3 is 0 Å². The van der Waals surface area contributed by atoms with E-state index in [-0.39, 0.29) is 5.91 Å². The molecular weight excluding hydrogens is 312 g/mol. The van der Waals surface area contributed by atoms with E-state index in [1.165, 1.54) is 24.8 Å². The number of hydrogen-bond acceptors (Lipinski definition) is 4. The second kappa shape index (κ2) is 7.21. The summed E-state index contributed by atoms with van der Waals surface area (Å²) in [6.07, 6.45) is 5.28. The molecule has 1 aromatic heterocycles. The van der Waals surface area contributed by atoms with Crippen LogP contribution in [0.4, 0.5) is 11.6 Å². The van der Waals surface area contributed by atoms with Crippen molar-refractivity contribution in [2.45, 2.75) is 47.0 Å². The summed E-state index contributed by atoms with van der Waals surface area (Å²) in [6.45, 7) is 9.94. The summed E-state index contributed by atoms with van der Waals surface area (Å²) in [5.41, 5.74) is 5.44. The Labute approximate surface area is 149 Å². The van der Waals surface area contributed by atoms with Crippen LogP contribution in [0.1, 0.15) is 52.0 Å². The number of benzene rings is 1. The van der Waals surface area contributed by atoms with E-state index >= 15 is 0 Å². The van der Waals surface area contributed by atoms with Crippen LogP contribution in [-0.4, -0.2) is 29.0 Å². The lowest BCUT2D eigenvalue weighted by atomic mass is 10.0. The number of carbonyl (C=O) groups is 1. The van der Waals surface area contributed by atoms with Crippen LogP contribution in [0.2, 0.25) is 0 Å². The van der Waals surface area contributed by atoms with E-state index in [4.69, 9.17) is 0 Å². The number of hydrogen-bond donors (Lipinski definition) is 1. The summed E-state index contributed by atoms with van der Waals surface area (Å²) < 4.78 is 0. The molecule has 1 saturated heterocycles. The standard InChI is InChI=1S/C20H26N4O/c1-13-10-14(2)18(15(3)11-13)23-19(25)17-12-21-20(22-16(17)4)24-8-6-5-7-9-24/h10-12H,5-9H2,1-4H3,(H,23,25). The monoisotopic (exact) mass is 338 g/mol. The number of aryl methyl sites for hydroxylation is 4. The third-order valence-electron chi connectivity index (χ3n) is 4.77. The molecule has 0 saturated carbocycles. The van der Waals surface area contributed by atoms with Gasteiger partial charge in [-0.05, 0) is 58.1 Å². The van der Waals surface area contributed by atoms with Gasteiger partial charge in [-0.25, -0.2) is 9.97 Å². The first kappa shape index (κ1) is 17.4. The second-order valence-electron chi connectivity index (χ2n) is 6.94. The van der Waals surface area contributed by atoms with E-state index in [2.05, 4.69) is 39.2 Å². The maximum atomic E-state index is 12.7. The Morgan fingerprint density at radius 2 is 1.68 bits per heavy atom. The minimum Gasteiger partial charge on any atom is -0.341 e. The number of nitrogens with zero attached hydrogens (tertiary/aromatic N) is 3. The highest BCUT2D eigenvalue weighted by Crippen LogP contribution is 2.23. The van der Waals surface area contributed by atoms with Gasteiger partial charge in [0.25, 0.3) is 5.91 Å². The highest BCUT2D eigenvalue weighted by atomic mass is 16.1. The molecule has 0 unspecified atom stereocenters. The molecule has 1 fully saturated rings. The number of carbonyl (C=O) groups excluding carboxylic acids is 1. The molecule has 1 aromatic carbocycles. The van der Waals surface area contributed by atoms with Crippen molar-refractivity contribution in [3.05, 3.63) is 46.3 Å². The molecule has 1 aliphatic heterocycles. The van der Waals surface area contributed by atoms with Crippen LogP contribution in [0.25, 0.3) is 0 Å². The summed E-state index contributed by atoms with van der Waals surface area (Å²) in [7, 11) is 0. The highest BCUT2D eigenvalue weighted by molar-refractivity contribution is 6.05. The summed E-state index contributed by atoms with van der Waals surface area (Å²) in [5.74, 6) is 0.578. The smallest absolute Gasteiger partial charge is 0.259 e. The number of rotatable bonds is 3. The van der Waals surface area contributed by atoms with Gasteiger partial charge in [0.1, 0.15) is 0 Å². The van der Waals surface area contributed by atoms with Crippen molar-refractivity contribution in [1.29, 1.82) is 0 Å². The van der Waals surface area contributed by atoms with Gasteiger partial charge in [0.15, 0.2) is 0 Å². The summed E-state index contributed by atoms with van der Waals surface area (Å²) in [5, 5.41) is 3.03. The topological polar surface area (TPSA) is 58.1 Å². The van der Waals surface area contributed by atoms with Crippen LogP contribution in [0.15, 0.2) is 18.3 Å². The number of piperidine rings is 1. The first-order valence-corrected chi connectivity index (χ1v) is 8.93. The number of nitrogens with one attached hydrogen (secondary N) is 1. The van der Waals surface area contributed by atoms with Gasteiger partial charge in [-0.3, -0.25) is 4.79 Å². The third kappa shape index (κ3) is 3.81. The molecule has 2 heterocycles. The predicted octanol–water partition coefficient (Wildman–Crippen LogP) is 3.95. The van der Waals surface area contributed by atoms with E-state index in [9.17, 15) is 4.79 Å². The molecule has 0 radical (unpaired) electrons. The van der Waals surface area contributed by atoms with Gasteiger partial charge in [-0.2, -0.15) is 0 Å². The zero-order valence-electron chi connectivity index (χ0n) is 15.5. The van der Waals surface area contributed by atoms with E-state index in [0.29, 0.717) is 5.56 Å². The Kier molecular flexibility index (Phi) is 5.02. The van der Waals surface area contributed by atoms with Crippen molar-refractivity contribution in [2.24, 2.45) is 0 Å². The van der Waals surface area contributed by atoms with Crippen molar-refractivity contribution in [2.75, 3.05) is 23.3 Å². The summed E-state index contributed by atoms with van der Waals surface area (Å²) in [6, 6.07) is 4.15. The first-order chi connectivity index (χ1) is 12.0. The van der Waals surface area contributed by atoms with Crippen LogP contribution in [-0.2, 0) is 0 Å². The normalized spacial score (nSPS) is 14.5. The summed E-state index contributed by atoms with van der Waals surface area (Å²) in [4.78, 5) is 23.9. The molecule has 0 atom stereocenters. The molecule has 132 valence electrons. The molecule has 2 aromatic rings. The second-order valence-corrected chi connectivity index (χ2v) is 6.94. The molecule has 0 bridgehead atoms. The van der Waals surface area contributed by atoms with Crippen LogP contribution in [0.5, 0.6) is 0 Å². The lowest BCUT2D eigenvalue weighted by Gasteiger charge is -2.26. The maximum absolute atomic E-state index is 12.7. The van der Waals surface area contributed by atoms with Gasteiger partial charge in [0.2, 0.25) is 5.95 Å². The molecule has 0 aliphatic carbocycles. The molecule has 5 nitrogen and oxygen atoms in total. The highest BCUT2D eigenvalue weighted by Gasteiger charge is 2.18. The van der Waals surface area contributed by atoms with Gasteiger partial charge in [0.05, 0.1) is 11.3 Å². The Morgan fingerprint density at radius 1 is 1.04 bits per heavy atom. The first-order valence-electron chi connectivity index (χ1n) is 8.93. The Hall–Kier alpha value is -2.43. The molecule has 25 heavy (non-hydrogen) atoms. The SMILES string of the molecule is Cc1cc(C)c(NC(=O)c2cnc(N3CCCCC3)nc2C)c(C)c1. The van der Waals surface area contributed by atoms with E-state index < -0.39 is 0 Å². The van der Waals surface area contributed by atoms with Crippen LogP contribution in [0.3, 0.4) is 0 Å². The molecule has 1 aliphatic rings. The van der Waals surface area contributed by atoms with E-state index in [1.54, 1.807) is 6.20 Å². The Morgan fingerprint density at radius 3 is 2.28 bits per heavy atom. The maximum Gasteiger partial charge on any atom is 0.259 e. The third-order valence-corrected chi connectivity index (χ3v) is 4.77. The summed E-state index contributed by atoms with van der Waals surface area (Å²) >= 11 is 0. The minimum atomic E-state index is -0.155. The molecule has 3 rings (SSSR count). The van der Waals surface area contributed by atoms with Crippen molar-refractivity contribution in [3.63, 3.8) is 0 Å². The lowest BCUT2D eigenvalue weighted by molar-refractivity contribution is 0.102. The average molecular weight is 338 g/mol. The molecule has 5 heteroatoms. The average Bonchev–Trinajstić information content (AvgIpc) is 2.58. The van der Waals surface area contributed by atoms with Crippen molar-refractivity contribution in [1.82, 2.24) is 9.97 Å². The Balaban J connectivity index is 1.81. The lowest BCUT2D eigenvalue weighted by Crippen LogP contribution is -2.31. The Bertz CT molecular complexity index is 771. The van der Waals surface area contributed by atoms with Crippen LogP contribution >= 0.6 is 0 Å². The molecule has 1 amide bonds. The number of amides is 1. The quantitative estimate of drug-likeness (QED) is 0.920. The fourth-order valence-corrected chi connectivity index (χ4v) is 3.48. The largest absolute Gasteiger partial charge is 0.341 e. The van der Waals surface area contributed by atoms with Crippen molar-refractivity contribution in [3.8, 4) is 0 Å². The van der Waals surface area contributed by atoms with Gasteiger partial charge in [-0.1, -0.05) is 17.7 Å². The van der Waals surface area contributed by atoms with Crippen molar-refractivity contribution >= 4 is 17.5 Å². The van der Waals surface area contributed by atoms with Gasteiger partial charge in [-0.15, -0.1) is 0 Å². The van der Waals surface area contributed by atoms with Crippen LogP contribution in [0, 0.1) is 27.7 Å². The van der Waals surface area contributed by atoms with E-state index in [1.807, 2.05) is 20.8 Å². The minimum absolute atomic E-state index is 0.155. The molecular formula is C20H26N4O. The molecule has 1 N–H and O–H groups in total. The number of aromatic nitrogens is 2. The van der Waals surface area contributed by atoms with E-state index in [0.717, 1.165) is 41.5 Å². The fraction of sp³-hybridized carbons (Fsp3) is 0.450.